The van der Waals surface area contributed by atoms with Crippen LogP contribution in [0.3, 0.4) is 0 Å². The molecule has 0 unspecified atom stereocenters. The zero-order valence-electron chi connectivity index (χ0n) is 15.2. The number of nitrogens with one attached hydrogen (secondary N) is 2. The standard InChI is InChI=1S/C20H25N3O3/c1-25-18-10-12-23(13-11-18)17-8-6-15(7-9-17)21-20(24)22-16-4-3-5-19(14-16)26-2/h3-9,14,18H,10-13H2,1-2H3,(H2,21,22,24). The lowest BCUT2D eigenvalue weighted by molar-refractivity contribution is 0.0819. The highest BCUT2D eigenvalue weighted by atomic mass is 16.5. The number of methoxy groups -OCH3 is 2. The second-order valence-electron chi connectivity index (χ2n) is 6.28. The van der Waals surface area contributed by atoms with Crippen LogP contribution in [0.5, 0.6) is 5.75 Å². The molecule has 0 spiro atoms. The maximum Gasteiger partial charge on any atom is 0.323 e. The number of anilines is 3. The van der Waals surface area contributed by atoms with Gasteiger partial charge in [0, 0.05) is 43.3 Å². The summed E-state index contributed by atoms with van der Waals surface area (Å²) in [5, 5.41) is 5.64. The van der Waals surface area contributed by atoms with Crippen molar-refractivity contribution >= 4 is 23.1 Å². The van der Waals surface area contributed by atoms with E-state index in [0.717, 1.165) is 31.6 Å². The summed E-state index contributed by atoms with van der Waals surface area (Å²) in [6, 6.07) is 14.9. The molecule has 2 N–H and O–H groups in total. The van der Waals surface area contributed by atoms with Crippen LogP contribution in [0.15, 0.2) is 48.5 Å². The van der Waals surface area contributed by atoms with Crippen LogP contribution in [0.25, 0.3) is 0 Å². The van der Waals surface area contributed by atoms with Crippen LogP contribution in [-0.4, -0.2) is 39.4 Å². The average molecular weight is 355 g/mol. The van der Waals surface area contributed by atoms with Crippen molar-refractivity contribution in [3.63, 3.8) is 0 Å². The number of piperidine rings is 1. The van der Waals surface area contributed by atoms with Crippen LogP contribution >= 0.6 is 0 Å². The van der Waals surface area contributed by atoms with E-state index in [1.165, 1.54) is 5.69 Å². The maximum absolute atomic E-state index is 12.1. The third-order valence-electron chi connectivity index (χ3n) is 4.59. The summed E-state index contributed by atoms with van der Waals surface area (Å²) in [4.78, 5) is 14.5. The molecule has 6 heteroatoms. The molecule has 0 atom stereocenters. The summed E-state index contributed by atoms with van der Waals surface area (Å²) in [6.45, 7) is 1.98. The molecule has 0 radical (unpaired) electrons. The van der Waals surface area contributed by atoms with Crippen LogP contribution < -0.4 is 20.3 Å². The van der Waals surface area contributed by atoms with Gasteiger partial charge in [0.15, 0.2) is 0 Å². The van der Waals surface area contributed by atoms with Gasteiger partial charge in [-0.25, -0.2) is 4.79 Å². The molecule has 1 aliphatic heterocycles. The first-order valence-corrected chi connectivity index (χ1v) is 8.78. The Morgan fingerprint density at radius 2 is 1.69 bits per heavy atom. The smallest absolute Gasteiger partial charge is 0.323 e. The number of urea groups is 1. The Morgan fingerprint density at radius 3 is 2.35 bits per heavy atom. The predicted octanol–water partition coefficient (Wildman–Crippen LogP) is 3.95. The minimum absolute atomic E-state index is 0.285. The number of benzene rings is 2. The van der Waals surface area contributed by atoms with Crippen molar-refractivity contribution in [1.82, 2.24) is 0 Å². The maximum atomic E-state index is 12.1. The van der Waals surface area contributed by atoms with Crippen LogP contribution in [0.4, 0.5) is 21.9 Å². The molecule has 1 fully saturated rings. The fourth-order valence-corrected chi connectivity index (χ4v) is 3.10. The van der Waals surface area contributed by atoms with Gasteiger partial charge in [-0.2, -0.15) is 0 Å². The van der Waals surface area contributed by atoms with E-state index in [9.17, 15) is 4.79 Å². The van der Waals surface area contributed by atoms with Crippen molar-refractivity contribution in [3.8, 4) is 5.75 Å². The molecular weight excluding hydrogens is 330 g/mol. The van der Waals surface area contributed by atoms with E-state index in [1.54, 1.807) is 20.3 Å². The molecule has 0 bridgehead atoms. The average Bonchev–Trinajstić information content (AvgIpc) is 2.69. The number of hydrogen-bond donors (Lipinski definition) is 2. The third kappa shape index (κ3) is 4.67. The van der Waals surface area contributed by atoms with Crippen molar-refractivity contribution < 1.29 is 14.3 Å². The first kappa shape index (κ1) is 18.1. The SMILES string of the molecule is COc1cccc(NC(=O)Nc2ccc(N3CCC(OC)CC3)cc2)c1. The van der Waals surface area contributed by atoms with Gasteiger partial charge in [0.1, 0.15) is 5.75 Å². The van der Waals surface area contributed by atoms with Crippen molar-refractivity contribution in [2.45, 2.75) is 18.9 Å². The first-order valence-electron chi connectivity index (χ1n) is 8.78. The number of amides is 2. The fourth-order valence-electron chi connectivity index (χ4n) is 3.10. The van der Waals surface area contributed by atoms with E-state index in [2.05, 4.69) is 15.5 Å². The lowest BCUT2D eigenvalue weighted by Gasteiger charge is -2.33. The Bertz CT molecular complexity index is 725. The van der Waals surface area contributed by atoms with Gasteiger partial charge in [-0.3, -0.25) is 0 Å². The summed E-state index contributed by atoms with van der Waals surface area (Å²) >= 11 is 0. The van der Waals surface area contributed by atoms with Crippen LogP contribution in [0.1, 0.15) is 12.8 Å². The largest absolute Gasteiger partial charge is 0.497 e. The summed E-state index contributed by atoms with van der Waals surface area (Å²) in [5.74, 6) is 0.699. The molecule has 3 rings (SSSR count). The van der Waals surface area contributed by atoms with Gasteiger partial charge in [-0.1, -0.05) is 6.07 Å². The van der Waals surface area contributed by atoms with E-state index in [0.29, 0.717) is 17.5 Å². The van der Waals surface area contributed by atoms with E-state index < -0.39 is 0 Å². The van der Waals surface area contributed by atoms with E-state index in [4.69, 9.17) is 9.47 Å². The highest BCUT2D eigenvalue weighted by Gasteiger charge is 2.18. The minimum atomic E-state index is -0.285. The van der Waals surface area contributed by atoms with Crippen molar-refractivity contribution in [3.05, 3.63) is 48.5 Å². The molecule has 2 aromatic rings. The normalized spacial score (nSPS) is 14.8. The molecule has 0 saturated carbocycles. The second-order valence-corrected chi connectivity index (χ2v) is 6.28. The number of carbonyl (C=O) groups is 1. The molecule has 0 aliphatic carbocycles. The van der Waals surface area contributed by atoms with Gasteiger partial charge in [0.2, 0.25) is 0 Å². The quantitative estimate of drug-likeness (QED) is 0.852. The Kier molecular flexibility index (Phi) is 5.96. The van der Waals surface area contributed by atoms with Crippen molar-refractivity contribution in [2.75, 3.05) is 42.8 Å². The number of ether oxygens (including phenoxy) is 2. The monoisotopic (exact) mass is 355 g/mol. The molecule has 1 aliphatic rings. The summed E-state index contributed by atoms with van der Waals surface area (Å²) in [6.07, 6.45) is 2.45. The molecule has 26 heavy (non-hydrogen) atoms. The van der Waals surface area contributed by atoms with E-state index in [-0.39, 0.29) is 6.03 Å². The molecule has 1 saturated heterocycles. The topological polar surface area (TPSA) is 62.8 Å². The molecule has 6 nitrogen and oxygen atoms in total. The minimum Gasteiger partial charge on any atom is -0.497 e. The second kappa shape index (κ2) is 8.58. The lowest BCUT2D eigenvalue weighted by atomic mass is 10.1. The van der Waals surface area contributed by atoms with Gasteiger partial charge < -0.3 is 25.0 Å². The number of nitrogens with zero attached hydrogens (tertiary/aromatic N) is 1. The summed E-state index contributed by atoms with van der Waals surface area (Å²) in [5.41, 5.74) is 2.60. The Morgan fingerprint density at radius 1 is 1.00 bits per heavy atom. The van der Waals surface area contributed by atoms with Crippen LogP contribution in [-0.2, 0) is 4.74 Å². The summed E-state index contributed by atoms with van der Waals surface area (Å²) < 4.78 is 10.6. The van der Waals surface area contributed by atoms with Crippen molar-refractivity contribution in [1.29, 1.82) is 0 Å². The van der Waals surface area contributed by atoms with Crippen LogP contribution in [0.2, 0.25) is 0 Å². The molecule has 1 heterocycles. The zero-order valence-corrected chi connectivity index (χ0v) is 15.2. The van der Waals surface area contributed by atoms with Crippen molar-refractivity contribution in [2.24, 2.45) is 0 Å². The first-order chi connectivity index (χ1) is 12.7. The highest BCUT2D eigenvalue weighted by molar-refractivity contribution is 5.99. The highest BCUT2D eigenvalue weighted by Crippen LogP contribution is 2.23. The van der Waals surface area contributed by atoms with Crippen LogP contribution in [0, 0.1) is 0 Å². The van der Waals surface area contributed by atoms with E-state index in [1.807, 2.05) is 42.5 Å². The Labute approximate surface area is 154 Å². The molecular formula is C20H25N3O3. The summed E-state index contributed by atoms with van der Waals surface area (Å²) in [7, 11) is 3.37. The predicted molar refractivity (Wildman–Crippen MR) is 104 cm³/mol. The fraction of sp³-hybridized carbons (Fsp3) is 0.350. The lowest BCUT2D eigenvalue weighted by Crippen LogP contribution is -2.36. The number of carbonyl (C=O) groups excluding carboxylic acids is 1. The molecule has 2 amide bonds. The van der Waals surface area contributed by atoms with Gasteiger partial charge in [0.25, 0.3) is 0 Å². The third-order valence-corrected chi connectivity index (χ3v) is 4.59. The Balaban J connectivity index is 1.54. The van der Waals surface area contributed by atoms with Gasteiger partial charge in [-0.15, -0.1) is 0 Å². The van der Waals surface area contributed by atoms with Gasteiger partial charge >= 0.3 is 6.03 Å². The van der Waals surface area contributed by atoms with E-state index >= 15 is 0 Å². The van der Waals surface area contributed by atoms with Gasteiger partial charge in [0.05, 0.1) is 13.2 Å². The van der Waals surface area contributed by atoms with Gasteiger partial charge in [-0.05, 0) is 49.2 Å². The number of hydrogen-bond acceptors (Lipinski definition) is 4. The Hall–Kier alpha value is -2.73. The number of rotatable bonds is 5. The molecule has 0 aromatic heterocycles. The molecule has 2 aromatic carbocycles. The zero-order chi connectivity index (χ0) is 18.4. The molecule has 138 valence electrons.